The summed E-state index contributed by atoms with van der Waals surface area (Å²) in [4.78, 5) is 0. The van der Waals surface area contributed by atoms with Crippen LogP contribution in [0, 0.1) is 34.5 Å². The maximum Gasteiger partial charge on any atom is 0.0957 e. The predicted octanol–water partition coefficient (Wildman–Crippen LogP) is 5.41. The van der Waals surface area contributed by atoms with Crippen molar-refractivity contribution in [1.29, 1.82) is 5.26 Å². The van der Waals surface area contributed by atoms with Crippen LogP contribution in [-0.4, -0.2) is 11.7 Å². The molecule has 1 saturated carbocycles. The van der Waals surface area contributed by atoms with E-state index < -0.39 is 0 Å². The summed E-state index contributed by atoms with van der Waals surface area (Å²) in [5.74, 6) is 1.59. The average Bonchev–Trinajstić information content (AvgIpc) is 3.16. The van der Waals surface area contributed by atoms with Crippen molar-refractivity contribution < 1.29 is 4.74 Å². The molecule has 2 fully saturated rings. The van der Waals surface area contributed by atoms with Crippen molar-refractivity contribution in [2.45, 2.75) is 78.4 Å². The van der Waals surface area contributed by atoms with Gasteiger partial charge in [0.1, 0.15) is 0 Å². The summed E-state index contributed by atoms with van der Waals surface area (Å²) in [6.45, 7) is 11.1. The molecule has 1 saturated heterocycles. The largest absolute Gasteiger partial charge is 0.366 e. The van der Waals surface area contributed by atoms with Crippen molar-refractivity contribution in [3.8, 4) is 6.07 Å². The highest BCUT2D eigenvalue weighted by molar-refractivity contribution is 5.21. The standard InChI is InChI=1S/C21H31NO/c1-14(2)6-9-19-21(5,23-19)18-10-11-20(4,13-22)17-8-7-15(3)12-16(17)18/h6,12,16-19H,7-11H2,1-5H3. The monoisotopic (exact) mass is 313 g/mol. The maximum absolute atomic E-state index is 9.75. The van der Waals surface area contributed by atoms with Gasteiger partial charge >= 0.3 is 0 Å². The molecule has 6 atom stereocenters. The van der Waals surface area contributed by atoms with Gasteiger partial charge in [0.05, 0.1) is 23.2 Å². The van der Waals surface area contributed by atoms with E-state index >= 15 is 0 Å². The molecule has 0 radical (unpaired) electrons. The molecular formula is C21H31NO. The Morgan fingerprint density at radius 2 is 2.09 bits per heavy atom. The summed E-state index contributed by atoms with van der Waals surface area (Å²) in [5, 5.41) is 9.75. The lowest BCUT2D eigenvalue weighted by Crippen LogP contribution is -2.46. The molecule has 1 aliphatic heterocycles. The first-order valence-electron chi connectivity index (χ1n) is 9.20. The minimum Gasteiger partial charge on any atom is -0.366 e. The number of nitrogens with zero attached hydrogens (tertiary/aromatic N) is 1. The normalized spacial score (nSPS) is 45.5. The van der Waals surface area contributed by atoms with Crippen LogP contribution in [-0.2, 0) is 4.74 Å². The zero-order valence-corrected chi connectivity index (χ0v) is 15.4. The summed E-state index contributed by atoms with van der Waals surface area (Å²) in [5.41, 5.74) is 2.73. The van der Waals surface area contributed by atoms with E-state index in [-0.39, 0.29) is 11.0 Å². The van der Waals surface area contributed by atoms with Gasteiger partial charge in [-0.15, -0.1) is 0 Å². The maximum atomic E-state index is 9.75. The van der Waals surface area contributed by atoms with Gasteiger partial charge in [0.25, 0.3) is 0 Å². The van der Waals surface area contributed by atoms with E-state index in [0.29, 0.717) is 23.9 Å². The highest BCUT2D eigenvalue weighted by Crippen LogP contribution is 2.59. The van der Waals surface area contributed by atoms with Crippen LogP contribution in [0.1, 0.15) is 66.7 Å². The van der Waals surface area contributed by atoms with Crippen LogP contribution in [0.4, 0.5) is 0 Å². The van der Waals surface area contributed by atoms with Crippen LogP contribution in [0.25, 0.3) is 0 Å². The van der Waals surface area contributed by atoms with Gasteiger partial charge in [0.15, 0.2) is 0 Å². The third-order valence-corrected chi connectivity index (χ3v) is 6.76. The minimum atomic E-state index is -0.154. The molecule has 0 aromatic heterocycles. The van der Waals surface area contributed by atoms with E-state index in [0.717, 1.165) is 25.7 Å². The lowest BCUT2D eigenvalue weighted by atomic mass is 9.54. The molecule has 126 valence electrons. The number of rotatable bonds is 3. The summed E-state index contributed by atoms with van der Waals surface area (Å²) in [7, 11) is 0. The van der Waals surface area contributed by atoms with Crippen molar-refractivity contribution in [2.24, 2.45) is 23.2 Å². The summed E-state index contributed by atoms with van der Waals surface area (Å²) in [6, 6.07) is 2.66. The fraction of sp³-hybridized carbons (Fsp3) is 0.762. The molecule has 0 aromatic carbocycles. The molecule has 6 unspecified atom stereocenters. The summed E-state index contributed by atoms with van der Waals surface area (Å²) < 4.78 is 6.22. The van der Waals surface area contributed by atoms with Crippen molar-refractivity contribution in [1.82, 2.24) is 0 Å². The van der Waals surface area contributed by atoms with Crippen LogP contribution >= 0.6 is 0 Å². The van der Waals surface area contributed by atoms with E-state index in [1.165, 1.54) is 17.6 Å². The molecule has 3 aliphatic rings. The Kier molecular flexibility index (Phi) is 4.21. The quantitative estimate of drug-likeness (QED) is 0.516. The fourth-order valence-electron chi connectivity index (χ4n) is 5.11. The van der Waals surface area contributed by atoms with E-state index in [2.05, 4.69) is 52.8 Å². The molecule has 2 aliphatic carbocycles. The van der Waals surface area contributed by atoms with E-state index in [9.17, 15) is 5.26 Å². The highest BCUT2D eigenvalue weighted by Gasteiger charge is 2.62. The van der Waals surface area contributed by atoms with Crippen molar-refractivity contribution in [2.75, 3.05) is 0 Å². The Hall–Kier alpha value is -1.07. The van der Waals surface area contributed by atoms with Gasteiger partial charge in [0, 0.05) is 0 Å². The molecule has 0 bridgehead atoms. The molecule has 23 heavy (non-hydrogen) atoms. The molecule has 1 heterocycles. The van der Waals surface area contributed by atoms with Crippen LogP contribution in [0.5, 0.6) is 0 Å². The molecule has 0 spiro atoms. The first-order chi connectivity index (χ1) is 10.8. The van der Waals surface area contributed by atoms with Gasteiger partial charge in [-0.1, -0.05) is 23.3 Å². The lowest BCUT2D eigenvalue weighted by Gasteiger charge is -2.49. The Morgan fingerprint density at radius 3 is 2.74 bits per heavy atom. The zero-order chi connectivity index (χ0) is 16.8. The number of nitriles is 1. The SMILES string of the molecule is CC(C)=CCC1OC1(C)C1CCC(C)(C#N)C2CCC(C)=CC21. The number of hydrogen-bond acceptors (Lipinski definition) is 2. The van der Waals surface area contributed by atoms with E-state index in [1.807, 2.05) is 0 Å². The molecule has 0 amide bonds. The van der Waals surface area contributed by atoms with Crippen molar-refractivity contribution in [3.05, 3.63) is 23.3 Å². The number of ether oxygens (including phenoxy) is 1. The molecule has 2 heteroatoms. The Labute approximate surface area is 141 Å². The van der Waals surface area contributed by atoms with E-state index in [1.54, 1.807) is 0 Å². The summed E-state index contributed by atoms with van der Waals surface area (Å²) in [6.07, 6.45) is 10.7. The lowest BCUT2D eigenvalue weighted by molar-refractivity contribution is 0.0303. The van der Waals surface area contributed by atoms with Crippen molar-refractivity contribution >= 4 is 0 Å². The second-order valence-corrected chi connectivity index (χ2v) is 8.72. The Balaban J connectivity index is 1.83. The number of hydrogen-bond donors (Lipinski definition) is 0. The zero-order valence-electron chi connectivity index (χ0n) is 15.4. The first kappa shape index (κ1) is 16.8. The summed E-state index contributed by atoms with van der Waals surface area (Å²) >= 11 is 0. The van der Waals surface area contributed by atoms with Gasteiger partial charge in [-0.2, -0.15) is 5.26 Å². The van der Waals surface area contributed by atoms with Gasteiger partial charge in [-0.3, -0.25) is 0 Å². The average molecular weight is 313 g/mol. The molecule has 2 nitrogen and oxygen atoms in total. The van der Waals surface area contributed by atoms with Gasteiger partial charge in [0.2, 0.25) is 0 Å². The molecule has 0 aromatic rings. The third-order valence-electron chi connectivity index (χ3n) is 6.76. The highest BCUT2D eigenvalue weighted by atomic mass is 16.6. The Morgan fingerprint density at radius 1 is 1.35 bits per heavy atom. The van der Waals surface area contributed by atoms with Crippen LogP contribution in [0.3, 0.4) is 0 Å². The predicted molar refractivity (Wildman–Crippen MR) is 93.7 cm³/mol. The topological polar surface area (TPSA) is 36.3 Å². The van der Waals surface area contributed by atoms with E-state index in [4.69, 9.17) is 4.74 Å². The minimum absolute atomic E-state index is 0.0137. The van der Waals surface area contributed by atoms with Crippen LogP contribution in [0.15, 0.2) is 23.3 Å². The second-order valence-electron chi connectivity index (χ2n) is 8.72. The number of fused-ring (bicyclic) bond motifs is 1. The molecule has 0 N–H and O–H groups in total. The third kappa shape index (κ3) is 2.89. The Bertz CT molecular complexity index is 579. The van der Waals surface area contributed by atoms with Crippen LogP contribution in [0.2, 0.25) is 0 Å². The first-order valence-corrected chi connectivity index (χ1v) is 9.20. The van der Waals surface area contributed by atoms with Crippen molar-refractivity contribution in [3.63, 3.8) is 0 Å². The smallest absolute Gasteiger partial charge is 0.0957 e. The number of epoxide rings is 1. The fourth-order valence-corrected chi connectivity index (χ4v) is 5.11. The van der Waals surface area contributed by atoms with Gasteiger partial charge in [-0.05, 0) is 84.5 Å². The van der Waals surface area contributed by atoms with Gasteiger partial charge < -0.3 is 4.74 Å². The van der Waals surface area contributed by atoms with Crippen LogP contribution < -0.4 is 0 Å². The molecule has 3 rings (SSSR count). The number of allylic oxidation sites excluding steroid dienone is 3. The van der Waals surface area contributed by atoms with Gasteiger partial charge in [-0.25, -0.2) is 0 Å². The second kappa shape index (κ2) is 5.78. The molecular weight excluding hydrogens is 282 g/mol.